The molecular formula is C13H18O2. The Labute approximate surface area is 90.9 Å². The van der Waals surface area contributed by atoms with E-state index in [-0.39, 0.29) is 5.92 Å². The van der Waals surface area contributed by atoms with Crippen LogP contribution in [0.2, 0.25) is 0 Å². The second kappa shape index (κ2) is 5.54. The topological polar surface area (TPSA) is 37.3 Å². The largest absolute Gasteiger partial charge is 0.481 e. The fraction of sp³-hybridized carbons (Fsp3) is 0.462. The van der Waals surface area contributed by atoms with Gasteiger partial charge in [-0.2, -0.15) is 0 Å². The van der Waals surface area contributed by atoms with Crippen LogP contribution < -0.4 is 0 Å². The quantitative estimate of drug-likeness (QED) is 0.804. The van der Waals surface area contributed by atoms with E-state index in [9.17, 15) is 4.79 Å². The van der Waals surface area contributed by atoms with Crippen molar-refractivity contribution >= 4 is 5.97 Å². The van der Waals surface area contributed by atoms with Gasteiger partial charge in [0.1, 0.15) is 0 Å². The molecule has 0 aromatic heterocycles. The Kier molecular flexibility index (Phi) is 4.35. The number of aliphatic carboxylic acids is 1. The van der Waals surface area contributed by atoms with Crippen molar-refractivity contribution in [2.45, 2.75) is 33.1 Å². The normalized spacial score (nSPS) is 12.4. The molecule has 0 saturated carbocycles. The molecule has 0 heterocycles. The van der Waals surface area contributed by atoms with Gasteiger partial charge in [0.2, 0.25) is 0 Å². The Balaban J connectivity index is 2.69. The molecule has 0 fully saturated rings. The summed E-state index contributed by atoms with van der Waals surface area (Å²) in [7, 11) is 0. The van der Waals surface area contributed by atoms with Crippen molar-refractivity contribution in [1.29, 1.82) is 0 Å². The van der Waals surface area contributed by atoms with Gasteiger partial charge in [0.25, 0.3) is 0 Å². The van der Waals surface area contributed by atoms with Crippen LogP contribution in [0.4, 0.5) is 0 Å². The van der Waals surface area contributed by atoms with Crippen LogP contribution in [0.15, 0.2) is 24.3 Å². The van der Waals surface area contributed by atoms with Gasteiger partial charge in [-0.05, 0) is 25.3 Å². The summed E-state index contributed by atoms with van der Waals surface area (Å²) in [5.41, 5.74) is 2.31. The van der Waals surface area contributed by atoms with Gasteiger partial charge >= 0.3 is 5.97 Å². The lowest BCUT2D eigenvalue weighted by atomic mass is 9.94. The van der Waals surface area contributed by atoms with Gasteiger partial charge in [0.05, 0.1) is 5.92 Å². The minimum Gasteiger partial charge on any atom is -0.481 e. The van der Waals surface area contributed by atoms with Gasteiger partial charge in [-0.15, -0.1) is 0 Å². The first-order chi connectivity index (χ1) is 7.13. The van der Waals surface area contributed by atoms with E-state index in [1.807, 2.05) is 32.0 Å². The molecule has 1 unspecified atom stereocenters. The molecule has 0 radical (unpaired) electrons. The number of carbonyl (C=O) groups is 1. The highest BCUT2D eigenvalue weighted by atomic mass is 16.4. The van der Waals surface area contributed by atoms with Crippen molar-refractivity contribution in [3.05, 3.63) is 35.4 Å². The van der Waals surface area contributed by atoms with Gasteiger partial charge in [0, 0.05) is 0 Å². The molecule has 0 aliphatic carbocycles. The molecule has 1 N–H and O–H groups in total. The zero-order valence-corrected chi connectivity index (χ0v) is 9.36. The van der Waals surface area contributed by atoms with E-state index in [4.69, 9.17) is 5.11 Å². The highest BCUT2D eigenvalue weighted by molar-refractivity contribution is 5.70. The van der Waals surface area contributed by atoms with Gasteiger partial charge in [-0.1, -0.05) is 43.2 Å². The molecule has 1 rings (SSSR count). The standard InChI is InChI=1S/C13H18O2/c1-3-5-12(13(14)15)9-11-7-4-6-10(2)8-11/h4,6-8,12H,3,5,9H2,1-2H3,(H,14,15). The van der Waals surface area contributed by atoms with Crippen LogP contribution in [-0.2, 0) is 11.2 Å². The SMILES string of the molecule is CCCC(Cc1cccc(C)c1)C(=O)O. The van der Waals surface area contributed by atoms with Crippen molar-refractivity contribution in [2.24, 2.45) is 5.92 Å². The lowest BCUT2D eigenvalue weighted by molar-refractivity contribution is -0.141. The summed E-state index contributed by atoms with van der Waals surface area (Å²) >= 11 is 0. The smallest absolute Gasteiger partial charge is 0.306 e. The third-order valence-electron chi connectivity index (χ3n) is 2.55. The van der Waals surface area contributed by atoms with Crippen molar-refractivity contribution < 1.29 is 9.90 Å². The minimum absolute atomic E-state index is 0.239. The molecule has 2 nitrogen and oxygen atoms in total. The molecule has 1 aromatic rings. The van der Waals surface area contributed by atoms with E-state index >= 15 is 0 Å². The molecule has 0 spiro atoms. The Hall–Kier alpha value is -1.31. The monoisotopic (exact) mass is 206 g/mol. The van der Waals surface area contributed by atoms with Crippen LogP contribution in [0.5, 0.6) is 0 Å². The number of carboxylic acid groups (broad SMARTS) is 1. The summed E-state index contributed by atoms with van der Waals surface area (Å²) in [5, 5.41) is 9.03. The minimum atomic E-state index is -0.682. The predicted octanol–water partition coefficient (Wildman–Crippen LogP) is 3.04. The number of carboxylic acids is 1. The van der Waals surface area contributed by atoms with Crippen LogP contribution in [0, 0.1) is 12.8 Å². The summed E-state index contributed by atoms with van der Waals surface area (Å²) in [6.07, 6.45) is 2.32. The van der Waals surface area contributed by atoms with E-state index in [1.165, 1.54) is 5.56 Å². The first-order valence-electron chi connectivity index (χ1n) is 5.41. The summed E-state index contributed by atoms with van der Waals surface area (Å²) in [6, 6.07) is 8.07. The van der Waals surface area contributed by atoms with Crippen LogP contribution in [0.1, 0.15) is 30.9 Å². The predicted molar refractivity (Wildman–Crippen MR) is 60.9 cm³/mol. The van der Waals surface area contributed by atoms with Gasteiger partial charge in [0.15, 0.2) is 0 Å². The van der Waals surface area contributed by atoms with Crippen LogP contribution >= 0.6 is 0 Å². The zero-order valence-electron chi connectivity index (χ0n) is 9.36. The van der Waals surface area contributed by atoms with Gasteiger partial charge in [-0.25, -0.2) is 0 Å². The van der Waals surface area contributed by atoms with E-state index < -0.39 is 5.97 Å². The fourth-order valence-corrected chi connectivity index (χ4v) is 1.78. The van der Waals surface area contributed by atoms with Crippen molar-refractivity contribution in [3.8, 4) is 0 Å². The zero-order chi connectivity index (χ0) is 11.3. The summed E-state index contributed by atoms with van der Waals surface area (Å²) in [4.78, 5) is 11.0. The third kappa shape index (κ3) is 3.74. The number of aryl methyl sites for hydroxylation is 1. The number of benzene rings is 1. The Bertz CT molecular complexity index is 331. The first-order valence-corrected chi connectivity index (χ1v) is 5.41. The molecule has 0 bridgehead atoms. The molecule has 2 heteroatoms. The van der Waals surface area contributed by atoms with E-state index in [0.717, 1.165) is 18.4 Å². The van der Waals surface area contributed by atoms with E-state index in [2.05, 4.69) is 6.07 Å². The molecule has 82 valence electrons. The lowest BCUT2D eigenvalue weighted by Gasteiger charge is -2.11. The van der Waals surface area contributed by atoms with E-state index in [0.29, 0.717) is 6.42 Å². The maximum absolute atomic E-state index is 11.0. The third-order valence-corrected chi connectivity index (χ3v) is 2.55. The number of hydrogen-bond acceptors (Lipinski definition) is 1. The second-order valence-electron chi connectivity index (χ2n) is 4.02. The molecule has 0 aliphatic heterocycles. The maximum atomic E-state index is 11.0. The number of rotatable bonds is 5. The molecule has 0 amide bonds. The highest BCUT2D eigenvalue weighted by Gasteiger charge is 2.16. The average Bonchev–Trinajstić information content (AvgIpc) is 2.17. The first kappa shape index (κ1) is 11.8. The van der Waals surface area contributed by atoms with Crippen LogP contribution in [0.3, 0.4) is 0 Å². The van der Waals surface area contributed by atoms with Crippen LogP contribution in [-0.4, -0.2) is 11.1 Å². The molecular weight excluding hydrogens is 188 g/mol. The van der Waals surface area contributed by atoms with Crippen molar-refractivity contribution in [3.63, 3.8) is 0 Å². The van der Waals surface area contributed by atoms with Gasteiger partial charge < -0.3 is 5.11 Å². The highest BCUT2D eigenvalue weighted by Crippen LogP contribution is 2.15. The second-order valence-corrected chi connectivity index (χ2v) is 4.02. The summed E-state index contributed by atoms with van der Waals surface area (Å²) in [6.45, 7) is 4.05. The average molecular weight is 206 g/mol. The van der Waals surface area contributed by atoms with E-state index in [1.54, 1.807) is 0 Å². The maximum Gasteiger partial charge on any atom is 0.306 e. The Morgan fingerprint density at radius 3 is 2.73 bits per heavy atom. The number of hydrogen-bond donors (Lipinski definition) is 1. The Morgan fingerprint density at radius 2 is 2.20 bits per heavy atom. The summed E-state index contributed by atoms with van der Waals surface area (Å²) in [5.74, 6) is -0.921. The summed E-state index contributed by atoms with van der Waals surface area (Å²) < 4.78 is 0. The molecule has 15 heavy (non-hydrogen) atoms. The van der Waals surface area contributed by atoms with Crippen molar-refractivity contribution in [2.75, 3.05) is 0 Å². The lowest BCUT2D eigenvalue weighted by Crippen LogP contribution is -2.16. The molecule has 0 aliphatic rings. The van der Waals surface area contributed by atoms with Gasteiger partial charge in [-0.3, -0.25) is 4.79 Å². The molecule has 1 atom stereocenters. The fourth-order valence-electron chi connectivity index (χ4n) is 1.78. The van der Waals surface area contributed by atoms with Crippen LogP contribution in [0.25, 0.3) is 0 Å². The van der Waals surface area contributed by atoms with Crippen molar-refractivity contribution in [1.82, 2.24) is 0 Å². The molecule has 0 saturated heterocycles. The molecule has 1 aromatic carbocycles. The Morgan fingerprint density at radius 1 is 1.47 bits per heavy atom.